The molecule has 4 rings (SSSR count). The molecule has 0 saturated carbocycles. The van der Waals surface area contributed by atoms with Crippen molar-refractivity contribution in [2.24, 2.45) is 10.7 Å². The fraction of sp³-hybridized carbons (Fsp3) is 0.556. The van der Waals surface area contributed by atoms with Crippen molar-refractivity contribution in [2.75, 3.05) is 19.0 Å². The topological polar surface area (TPSA) is 120 Å². The minimum absolute atomic E-state index is 0.144. The van der Waals surface area contributed by atoms with Crippen molar-refractivity contribution < 1.29 is 13.9 Å². The van der Waals surface area contributed by atoms with Gasteiger partial charge in [0.05, 0.1) is 13.2 Å². The predicted molar refractivity (Wildman–Crippen MR) is 144 cm³/mol. The number of piperidine rings is 1. The van der Waals surface area contributed by atoms with Crippen molar-refractivity contribution >= 4 is 17.6 Å². The van der Waals surface area contributed by atoms with Gasteiger partial charge in [-0.3, -0.25) is 4.99 Å². The van der Waals surface area contributed by atoms with E-state index in [2.05, 4.69) is 44.7 Å². The number of hydrogen-bond acceptors (Lipinski definition) is 9. The fourth-order valence-electron chi connectivity index (χ4n) is 5.17. The van der Waals surface area contributed by atoms with Gasteiger partial charge in [-0.2, -0.15) is 0 Å². The number of pyridine rings is 1. The Balaban J connectivity index is 1.49. The van der Waals surface area contributed by atoms with Gasteiger partial charge in [-0.05, 0) is 71.6 Å². The van der Waals surface area contributed by atoms with Crippen LogP contribution in [0.4, 0.5) is 10.2 Å². The molecule has 2 fully saturated rings. The summed E-state index contributed by atoms with van der Waals surface area (Å²) < 4.78 is 26.4. The smallest absolute Gasteiger partial charge is 0.149 e. The van der Waals surface area contributed by atoms with Crippen molar-refractivity contribution in [3.63, 3.8) is 0 Å². The summed E-state index contributed by atoms with van der Waals surface area (Å²) >= 11 is 0. The van der Waals surface area contributed by atoms with Gasteiger partial charge in [-0.1, -0.05) is 0 Å². The van der Waals surface area contributed by atoms with Crippen LogP contribution >= 0.6 is 0 Å². The molecule has 10 heteroatoms. The molecule has 200 valence electrons. The van der Waals surface area contributed by atoms with Crippen molar-refractivity contribution in [3.8, 4) is 17.1 Å². The molecule has 0 bridgehead atoms. The summed E-state index contributed by atoms with van der Waals surface area (Å²) in [4.78, 5) is 9.10. The molecule has 2 saturated heterocycles. The lowest BCUT2D eigenvalue weighted by molar-refractivity contribution is 0.0227. The summed E-state index contributed by atoms with van der Waals surface area (Å²) in [7, 11) is 1.57. The van der Waals surface area contributed by atoms with Gasteiger partial charge in [0.25, 0.3) is 0 Å². The molecule has 37 heavy (non-hydrogen) atoms. The number of aromatic nitrogens is 3. The molecule has 2 aliphatic rings. The summed E-state index contributed by atoms with van der Waals surface area (Å²) in [6.45, 7) is 8.64. The van der Waals surface area contributed by atoms with E-state index in [1.54, 1.807) is 31.7 Å². The number of rotatable bonds is 7. The van der Waals surface area contributed by atoms with Gasteiger partial charge in [-0.15, -0.1) is 10.2 Å². The Morgan fingerprint density at radius 2 is 2.08 bits per heavy atom. The van der Waals surface area contributed by atoms with Crippen molar-refractivity contribution in [3.05, 3.63) is 36.2 Å². The van der Waals surface area contributed by atoms with E-state index in [9.17, 15) is 0 Å². The predicted octanol–water partition coefficient (Wildman–Crippen LogP) is 4.11. The summed E-state index contributed by atoms with van der Waals surface area (Å²) in [5, 5.41) is 15.3. The Labute approximate surface area is 218 Å². The maximum atomic E-state index is 15.2. The lowest BCUT2D eigenvalue weighted by Gasteiger charge is -2.48. The van der Waals surface area contributed by atoms with Crippen LogP contribution in [0.15, 0.2) is 35.6 Å². The molecule has 2 aromatic rings. The Morgan fingerprint density at radius 1 is 1.27 bits per heavy atom. The number of alkyl halides is 1. The van der Waals surface area contributed by atoms with Gasteiger partial charge in [0.15, 0.2) is 0 Å². The van der Waals surface area contributed by atoms with Gasteiger partial charge in [0.1, 0.15) is 35.4 Å². The van der Waals surface area contributed by atoms with E-state index in [4.69, 9.17) is 15.2 Å². The molecule has 3 atom stereocenters. The van der Waals surface area contributed by atoms with E-state index in [1.165, 1.54) is 6.20 Å². The molecule has 0 aromatic carbocycles. The van der Waals surface area contributed by atoms with E-state index >= 15 is 4.39 Å². The summed E-state index contributed by atoms with van der Waals surface area (Å²) in [6, 6.07) is 5.04. The van der Waals surface area contributed by atoms with E-state index in [-0.39, 0.29) is 17.8 Å². The lowest BCUT2D eigenvalue weighted by Crippen LogP contribution is -2.67. The molecular weight excluding hydrogens is 473 g/mol. The average molecular weight is 512 g/mol. The van der Waals surface area contributed by atoms with Crippen molar-refractivity contribution in [1.29, 1.82) is 0 Å². The Bertz CT molecular complexity index is 1130. The van der Waals surface area contributed by atoms with E-state index in [1.807, 2.05) is 19.9 Å². The standard InChI is InChI=1S/C27H38FN7O2/c1-26(2)13-20(25(28)27(3,4)35-26)32-22-10-9-19(33-34-22)24-21(36-5)12-17(15-31-24)18(14-29)16-30-23-8-6-7-11-37-23/h9-10,12,14-16,20,23,25,35H,6-8,11,13,29H2,1-5H3,(H,32,34)/t20-,23?,25-/m0/s1. The summed E-state index contributed by atoms with van der Waals surface area (Å²) in [6.07, 6.45) is 7.36. The van der Waals surface area contributed by atoms with Crippen LogP contribution < -0.4 is 21.1 Å². The number of aliphatic imine (C=N–C) groups is 1. The SMILES string of the molecule is COc1cc(C(C=NC2CCCCO2)=CN)cnc1-c1ccc(N[C@H]2CC(C)(C)NC(C)(C)[C@H]2F)nn1. The number of nitrogens with two attached hydrogens (primary N) is 1. The van der Waals surface area contributed by atoms with E-state index in [0.717, 1.165) is 31.4 Å². The first-order valence-corrected chi connectivity index (χ1v) is 12.8. The van der Waals surface area contributed by atoms with Crippen LogP contribution in [0, 0.1) is 0 Å². The van der Waals surface area contributed by atoms with Crippen molar-refractivity contribution in [2.45, 2.75) is 82.9 Å². The Hall–Kier alpha value is -3.11. The summed E-state index contributed by atoms with van der Waals surface area (Å²) in [5.41, 5.74) is 7.57. The molecule has 0 amide bonds. The van der Waals surface area contributed by atoms with Crippen LogP contribution in [0.1, 0.15) is 58.9 Å². The molecule has 0 spiro atoms. The molecule has 4 N–H and O–H groups in total. The highest BCUT2D eigenvalue weighted by Gasteiger charge is 2.46. The zero-order chi connectivity index (χ0) is 26.6. The van der Waals surface area contributed by atoms with Crippen LogP contribution in [0.25, 0.3) is 17.0 Å². The second-order valence-electron chi connectivity index (χ2n) is 10.9. The second-order valence-corrected chi connectivity index (χ2v) is 10.9. The highest BCUT2D eigenvalue weighted by Crippen LogP contribution is 2.33. The van der Waals surface area contributed by atoms with Crippen LogP contribution in [-0.2, 0) is 4.74 Å². The zero-order valence-corrected chi connectivity index (χ0v) is 22.3. The average Bonchev–Trinajstić information content (AvgIpc) is 2.87. The third-order valence-corrected chi connectivity index (χ3v) is 6.79. The molecule has 2 aliphatic heterocycles. The van der Waals surface area contributed by atoms with Crippen molar-refractivity contribution in [1.82, 2.24) is 20.5 Å². The number of allylic oxidation sites excluding steroid dienone is 1. The quantitative estimate of drug-likeness (QED) is 0.475. The number of nitrogens with one attached hydrogen (secondary N) is 2. The molecule has 2 aromatic heterocycles. The van der Waals surface area contributed by atoms with Gasteiger partial charge < -0.3 is 25.8 Å². The van der Waals surface area contributed by atoms with E-state index in [0.29, 0.717) is 34.9 Å². The maximum absolute atomic E-state index is 15.2. The van der Waals surface area contributed by atoms with E-state index < -0.39 is 11.7 Å². The first-order chi connectivity index (χ1) is 17.6. The number of halogens is 1. The normalized spacial score (nSPS) is 25.7. The van der Waals surface area contributed by atoms with Gasteiger partial charge in [0.2, 0.25) is 0 Å². The number of methoxy groups -OCH3 is 1. The number of anilines is 1. The molecular formula is C27H38FN7O2. The lowest BCUT2D eigenvalue weighted by atomic mass is 9.78. The number of nitrogens with zero attached hydrogens (tertiary/aromatic N) is 4. The van der Waals surface area contributed by atoms with Gasteiger partial charge in [0, 0.05) is 47.4 Å². The third-order valence-electron chi connectivity index (χ3n) is 6.79. The largest absolute Gasteiger partial charge is 0.494 e. The highest BCUT2D eigenvalue weighted by atomic mass is 19.1. The van der Waals surface area contributed by atoms with Gasteiger partial charge in [-0.25, -0.2) is 9.37 Å². The third kappa shape index (κ3) is 6.42. The number of ether oxygens (including phenoxy) is 2. The zero-order valence-electron chi connectivity index (χ0n) is 22.3. The molecule has 0 radical (unpaired) electrons. The second kappa shape index (κ2) is 11.1. The molecule has 0 aliphatic carbocycles. The van der Waals surface area contributed by atoms with Crippen LogP contribution in [-0.4, -0.2) is 64.6 Å². The highest BCUT2D eigenvalue weighted by molar-refractivity contribution is 6.09. The van der Waals surface area contributed by atoms with Crippen LogP contribution in [0.5, 0.6) is 5.75 Å². The molecule has 9 nitrogen and oxygen atoms in total. The fourth-order valence-corrected chi connectivity index (χ4v) is 5.17. The first-order valence-electron chi connectivity index (χ1n) is 12.8. The molecule has 1 unspecified atom stereocenters. The summed E-state index contributed by atoms with van der Waals surface area (Å²) in [5.74, 6) is 1.04. The first kappa shape index (κ1) is 26.9. The minimum Gasteiger partial charge on any atom is -0.494 e. The minimum atomic E-state index is -1.09. The molecule has 4 heterocycles. The maximum Gasteiger partial charge on any atom is 0.149 e. The Morgan fingerprint density at radius 3 is 2.73 bits per heavy atom. The number of hydrogen-bond donors (Lipinski definition) is 3. The van der Waals surface area contributed by atoms with Crippen LogP contribution in [0.2, 0.25) is 0 Å². The van der Waals surface area contributed by atoms with Crippen LogP contribution in [0.3, 0.4) is 0 Å². The van der Waals surface area contributed by atoms with Gasteiger partial charge >= 0.3 is 0 Å². The Kier molecular flexibility index (Phi) is 8.08. The monoisotopic (exact) mass is 511 g/mol.